The Kier molecular flexibility index (Phi) is 6.24. The lowest BCUT2D eigenvalue weighted by molar-refractivity contribution is -0.144. The first kappa shape index (κ1) is 19.1. The van der Waals surface area contributed by atoms with Crippen LogP contribution in [-0.4, -0.2) is 35.9 Å². The second kappa shape index (κ2) is 8.82. The third-order valence-electron chi connectivity index (χ3n) is 4.76. The zero-order chi connectivity index (χ0) is 19.2. The van der Waals surface area contributed by atoms with Crippen LogP contribution in [0.5, 0.6) is 0 Å². The molecule has 1 fully saturated rings. The first-order valence-electron chi connectivity index (χ1n) is 9.35. The number of amides is 2. The highest BCUT2D eigenvalue weighted by molar-refractivity contribution is 5.93. The summed E-state index contributed by atoms with van der Waals surface area (Å²) in [6, 6.07) is 17.5. The predicted molar refractivity (Wildman–Crippen MR) is 104 cm³/mol. The molecule has 27 heavy (non-hydrogen) atoms. The summed E-state index contributed by atoms with van der Waals surface area (Å²) in [5, 5.41) is 2.61. The Morgan fingerprint density at radius 1 is 1.07 bits per heavy atom. The van der Waals surface area contributed by atoms with Gasteiger partial charge >= 0.3 is 0 Å². The van der Waals surface area contributed by atoms with Gasteiger partial charge in [0.25, 0.3) is 11.8 Å². The number of hydrogen-bond acceptors (Lipinski definition) is 3. The van der Waals surface area contributed by atoms with Crippen LogP contribution in [0.15, 0.2) is 54.6 Å². The van der Waals surface area contributed by atoms with E-state index in [0.717, 1.165) is 24.0 Å². The highest BCUT2D eigenvalue weighted by Crippen LogP contribution is 2.29. The standard InChI is InChI=1S/C22H26N2O3/c1-16(27-15-18-6-4-3-5-7-18)22(26)24(20-12-13-20)14-17-8-10-19(11-9-17)21(25)23-2/h3-11,16,20H,12-15H2,1-2H3,(H,23,25). The van der Waals surface area contributed by atoms with Crippen LogP contribution < -0.4 is 5.32 Å². The smallest absolute Gasteiger partial charge is 0.251 e. The van der Waals surface area contributed by atoms with Gasteiger partial charge in [0, 0.05) is 25.2 Å². The number of nitrogens with zero attached hydrogens (tertiary/aromatic N) is 1. The van der Waals surface area contributed by atoms with Gasteiger partial charge in [-0.2, -0.15) is 0 Å². The molecule has 1 atom stereocenters. The van der Waals surface area contributed by atoms with Gasteiger partial charge in [-0.1, -0.05) is 42.5 Å². The zero-order valence-corrected chi connectivity index (χ0v) is 15.9. The molecule has 0 bridgehead atoms. The number of carbonyl (C=O) groups excluding carboxylic acids is 2. The lowest BCUT2D eigenvalue weighted by Gasteiger charge is -2.26. The van der Waals surface area contributed by atoms with Crippen LogP contribution in [0.1, 0.15) is 41.3 Å². The van der Waals surface area contributed by atoms with E-state index in [1.165, 1.54) is 0 Å². The van der Waals surface area contributed by atoms with Crippen molar-refractivity contribution in [3.8, 4) is 0 Å². The van der Waals surface area contributed by atoms with E-state index in [-0.39, 0.29) is 11.8 Å². The summed E-state index contributed by atoms with van der Waals surface area (Å²) in [6.45, 7) is 2.78. The molecule has 1 saturated carbocycles. The molecule has 0 saturated heterocycles. The molecule has 0 radical (unpaired) electrons. The number of rotatable bonds is 8. The molecule has 1 aliphatic carbocycles. The maximum absolute atomic E-state index is 12.9. The summed E-state index contributed by atoms with van der Waals surface area (Å²) in [5.74, 6) is -0.0941. The molecule has 1 aliphatic rings. The fraction of sp³-hybridized carbons (Fsp3) is 0.364. The molecule has 2 aromatic carbocycles. The maximum Gasteiger partial charge on any atom is 0.251 e. The molecule has 2 amide bonds. The van der Waals surface area contributed by atoms with Crippen LogP contribution >= 0.6 is 0 Å². The van der Waals surface area contributed by atoms with E-state index in [2.05, 4.69) is 5.32 Å². The number of benzene rings is 2. The number of carbonyl (C=O) groups is 2. The molecular weight excluding hydrogens is 340 g/mol. The van der Waals surface area contributed by atoms with E-state index in [0.29, 0.717) is 24.8 Å². The van der Waals surface area contributed by atoms with Crippen LogP contribution in [0.4, 0.5) is 0 Å². The lowest BCUT2D eigenvalue weighted by atomic mass is 10.1. The van der Waals surface area contributed by atoms with E-state index in [4.69, 9.17) is 4.74 Å². The van der Waals surface area contributed by atoms with Crippen molar-refractivity contribution in [2.24, 2.45) is 0 Å². The van der Waals surface area contributed by atoms with E-state index in [1.807, 2.05) is 54.3 Å². The number of hydrogen-bond donors (Lipinski definition) is 1. The molecule has 5 nitrogen and oxygen atoms in total. The summed E-state index contributed by atoms with van der Waals surface area (Å²) in [4.78, 5) is 26.5. The largest absolute Gasteiger partial charge is 0.364 e. The van der Waals surface area contributed by atoms with Crippen molar-refractivity contribution < 1.29 is 14.3 Å². The molecule has 0 aliphatic heterocycles. The quantitative estimate of drug-likeness (QED) is 0.781. The Morgan fingerprint density at radius 2 is 1.74 bits per heavy atom. The topological polar surface area (TPSA) is 58.6 Å². The van der Waals surface area contributed by atoms with Crippen molar-refractivity contribution >= 4 is 11.8 Å². The molecule has 0 aromatic heterocycles. The monoisotopic (exact) mass is 366 g/mol. The van der Waals surface area contributed by atoms with Gasteiger partial charge < -0.3 is 15.0 Å². The van der Waals surface area contributed by atoms with Crippen molar-refractivity contribution in [2.45, 2.75) is 45.1 Å². The summed E-state index contributed by atoms with van der Waals surface area (Å²) in [6.07, 6.45) is 1.58. The summed E-state index contributed by atoms with van der Waals surface area (Å²) < 4.78 is 5.81. The molecule has 142 valence electrons. The lowest BCUT2D eigenvalue weighted by Crippen LogP contribution is -2.40. The van der Waals surface area contributed by atoms with Crippen LogP contribution in [0.2, 0.25) is 0 Å². The van der Waals surface area contributed by atoms with Crippen LogP contribution in [-0.2, 0) is 22.7 Å². The van der Waals surface area contributed by atoms with Crippen molar-refractivity contribution in [1.29, 1.82) is 0 Å². The fourth-order valence-corrected chi connectivity index (χ4v) is 2.98. The van der Waals surface area contributed by atoms with Gasteiger partial charge in [-0.25, -0.2) is 0 Å². The Hall–Kier alpha value is -2.66. The third-order valence-corrected chi connectivity index (χ3v) is 4.76. The minimum atomic E-state index is -0.490. The van der Waals surface area contributed by atoms with Crippen molar-refractivity contribution in [3.05, 3.63) is 71.3 Å². The Balaban J connectivity index is 1.61. The third kappa shape index (κ3) is 5.17. The van der Waals surface area contributed by atoms with E-state index >= 15 is 0 Å². The van der Waals surface area contributed by atoms with Gasteiger partial charge in [-0.15, -0.1) is 0 Å². The molecule has 1 N–H and O–H groups in total. The average Bonchev–Trinajstić information content (AvgIpc) is 3.55. The molecular formula is C22H26N2O3. The van der Waals surface area contributed by atoms with E-state index < -0.39 is 6.10 Å². The van der Waals surface area contributed by atoms with Crippen molar-refractivity contribution in [1.82, 2.24) is 10.2 Å². The van der Waals surface area contributed by atoms with Crippen molar-refractivity contribution in [2.75, 3.05) is 7.05 Å². The fourth-order valence-electron chi connectivity index (χ4n) is 2.98. The van der Waals surface area contributed by atoms with Gasteiger partial charge in [-0.05, 0) is 43.0 Å². The van der Waals surface area contributed by atoms with Gasteiger partial charge in [0.1, 0.15) is 6.10 Å². The second-order valence-electron chi connectivity index (χ2n) is 6.91. The minimum absolute atomic E-state index is 0.0174. The normalized spacial score (nSPS) is 14.4. The van der Waals surface area contributed by atoms with Gasteiger partial charge in [0.15, 0.2) is 0 Å². The zero-order valence-electron chi connectivity index (χ0n) is 15.9. The Morgan fingerprint density at radius 3 is 2.33 bits per heavy atom. The average molecular weight is 366 g/mol. The summed E-state index contributed by atoms with van der Waals surface area (Å²) >= 11 is 0. The molecule has 0 heterocycles. The Bertz CT molecular complexity index is 770. The summed E-state index contributed by atoms with van der Waals surface area (Å²) in [5.41, 5.74) is 2.68. The molecule has 1 unspecified atom stereocenters. The van der Waals surface area contributed by atoms with Gasteiger partial charge in [0.2, 0.25) is 0 Å². The maximum atomic E-state index is 12.9. The van der Waals surface area contributed by atoms with E-state index in [9.17, 15) is 9.59 Å². The molecule has 2 aromatic rings. The molecule has 0 spiro atoms. The van der Waals surface area contributed by atoms with Crippen LogP contribution in [0.3, 0.4) is 0 Å². The number of ether oxygens (including phenoxy) is 1. The predicted octanol–water partition coefficient (Wildman–Crippen LogP) is 3.14. The summed E-state index contributed by atoms with van der Waals surface area (Å²) in [7, 11) is 1.61. The molecule has 3 rings (SSSR count). The van der Waals surface area contributed by atoms with E-state index in [1.54, 1.807) is 19.2 Å². The highest BCUT2D eigenvalue weighted by atomic mass is 16.5. The van der Waals surface area contributed by atoms with Crippen LogP contribution in [0, 0.1) is 0 Å². The van der Waals surface area contributed by atoms with Crippen molar-refractivity contribution in [3.63, 3.8) is 0 Å². The van der Waals surface area contributed by atoms with Gasteiger partial charge in [-0.3, -0.25) is 9.59 Å². The minimum Gasteiger partial charge on any atom is -0.364 e. The van der Waals surface area contributed by atoms with Crippen LogP contribution in [0.25, 0.3) is 0 Å². The first-order chi connectivity index (χ1) is 13.1. The van der Waals surface area contributed by atoms with Gasteiger partial charge in [0.05, 0.1) is 6.61 Å². The SMILES string of the molecule is CNC(=O)c1ccc(CN(C(=O)C(C)OCc2ccccc2)C2CC2)cc1. The molecule has 5 heteroatoms. The first-order valence-corrected chi connectivity index (χ1v) is 9.35. The number of nitrogens with one attached hydrogen (secondary N) is 1. The second-order valence-corrected chi connectivity index (χ2v) is 6.91. The Labute approximate surface area is 160 Å². The highest BCUT2D eigenvalue weighted by Gasteiger charge is 2.34.